The van der Waals surface area contributed by atoms with Crippen molar-refractivity contribution in [3.63, 3.8) is 0 Å². The van der Waals surface area contributed by atoms with Crippen LogP contribution in [0.1, 0.15) is 0 Å². The van der Waals surface area contributed by atoms with Gasteiger partial charge in [-0.05, 0) is 52.2 Å². The molecule has 0 bridgehead atoms. The highest BCUT2D eigenvalue weighted by atomic mass is 32.1. The van der Waals surface area contributed by atoms with Gasteiger partial charge in [-0.1, -0.05) is 158 Å². The number of nitrogens with zero attached hydrogens (tertiary/aromatic N) is 3. The summed E-state index contributed by atoms with van der Waals surface area (Å²) in [7, 11) is 0. The van der Waals surface area contributed by atoms with E-state index in [4.69, 9.17) is 23.8 Å². The lowest BCUT2D eigenvalue weighted by atomic mass is 9.96. The summed E-state index contributed by atoms with van der Waals surface area (Å²) in [6.07, 6.45) is 0. The zero-order valence-corrected chi connectivity index (χ0v) is 33.3. The van der Waals surface area contributed by atoms with Crippen LogP contribution in [0.4, 0.5) is 0 Å². The third-order valence-electron chi connectivity index (χ3n) is 12.0. The molecule has 0 aliphatic carbocycles. The number of benzene rings is 9. The third kappa shape index (κ3) is 5.29. The number of aromatic nitrogens is 3. The zero-order valence-electron chi connectivity index (χ0n) is 32.5. The Balaban J connectivity index is 1.00. The van der Waals surface area contributed by atoms with Crippen LogP contribution in [-0.4, -0.2) is 15.0 Å². The number of thiophene rings is 1. The minimum atomic E-state index is 0.583. The summed E-state index contributed by atoms with van der Waals surface area (Å²) in [5, 5.41) is 8.91. The molecule has 0 saturated heterocycles. The first-order chi connectivity index (χ1) is 30.2. The summed E-state index contributed by atoms with van der Waals surface area (Å²) in [4.78, 5) is 15.7. The predicted molar refractivity (Wildman–Crippen MR) is 252 cm³/mol. The van der Waals surface area contributed by atoms with Gasteiger partial charge in [0.1, 0.15) is 22.3 Å². The molecule has 9 aromatic carbocycles. The summed E-state index contributed by atoms with van der Waals surface area (Å²) < 4.78 is 15.7. The fourth-order valence-corrected chi connectivity index (χ4v) is 10.4. The van der Waals surface area contributed by atoms with Crippen LogP contribution in [0.25, 0.3) is 131 Å². The van der Waals surface area contributed by atoms with Gasteiger partial charge in [0, 0.05) is 69.5 Å². The molecule has 0 aliphatic rings. The molecule has 61 heavy (non-hydrogen) atoms. The lowest BCUT2D eigenvalue weighted by molar-refractivity contribution is 0.669. The van der Waals surface area contributed by atoms with Crippen LogP contribution in [0.15, 0.2) is 197 Å². The van der Waals surface area contributed by atoms with Crippen molar-refractivity contribution in [1.82, 2.24) is 15.0 Å². The molecule has 0 fully saturated rings. The molecule has 4 aromatic heterocycles. The van der Waals surface area contributed by atoms with Crippen molar-refractivity contribution in [2.45, 2.75) is 0 Å². The van der Waals surface area contributed by atoms with Crippen molar-refractivity contribution < 1.29 is 8.83 Å². The van der Waals surface area contributed by atoms with Crippen LogP contribution < -0.4 is 0 Å². The maximum atomic E-state index is 6.83. The maximum absolute atomic E-state index is 6.83. The molecule has 0 N–H and O–H groups in total. The lowest BCUT2D eigenvalue weighted by Gasteiger charge is -2.12. The second-order valence-electron chi connectivity index (χ2n) is 15.4. The average molecular weight is 798 g/mol. The minimum absolute atomic E-state index is 0.583. The van der Waals surface area contributed by atoms with E-state index < -0.39 is 0 Å². The number of hydrogen-bond donors (Lipinski definition) is 0. The van der Waals surface area contributed by atoms with E-state index in [2.05, 4.69) is 158 Å². The van der Waals surface area contributed by atoms with Gasteiger partial charge in [0.2, 0.25) is 0 Å². The van der Waals surface area contributed by atoms with E-state index in [0.717, 1.165) is 88.0 Å². The second kappa shape index (κ2) is 13.3. The molecular weight excluding hydrogens is 767 g/mol. The van der Waals surface area contributed by atoms with Gasteiger partial charge in [-0.3, -0.25) is 0 Å². The topological polar surface area (TPSA) is 65.0 Å². The van der Waals surface area contributed by atoms with Gasteiger partial charge < -0.3 is 8.83 Å². The van der Waals surface area contributed by atoms with Gasteiger partial charge in [-0.2, -0.15) is 0 Å². The number of furan rings is 2. The first kappa shape index (κ1) is 34.0. The molecular formula is C55H31N3O2S. The fraction of sp³-hybridized carbons (Fsp3) is 0. The maximum Gasteiger partial charge on any atom is 0.164 e. The molecule has 13 rings (SSSR count). The monoisotopic (exact) mass is 797 g/mol. The Kier molecular flexibility index (Phi) is 7.41. The standard InChI is InChI=1S/C55H31N3O2S/c1-2-17-35-32(13-1)14-8-24-41(35)54-56-53(57-55(58-54)44-26-12-28-46-50(44)42-19-3-5-27-45(42)59-46)34-16-7-15-33(31-34)36-20-11-29-47-49(36)43-25-9-21-38(51(43)60-47)40-23-10-22-39-37-18-4-6-30-48(37)61-52(39)40/h1-31H. The third-order valence-corrected chi connectivity index (χ3v) is 13.2. The predicted octanol–water partition coefficient (Wildman–Crippen LogP) is 15.5. The van der Waals surface area contributed by atoms with Gasteiger partial charge in [0.25, 0.3) is 0 Å². The first-order valence-corrected chi connectivity index (χ1v) is 21.2. The van der Waals surface area contributed by atoms with Gasteiger partial charge in [0.05, 0.1) is 0 Å². The van der Waals surface area contributed by atoms with E-state index in [9.17, 15) is 0 Å². The molecule has 0 spiro atoms. The van der Waals surface area contributed by atoms with Crippen LogP contribution in [0, 0.1) is 0 Å². The Hall–Kier alpha value is -7.93. The normalized spacial score (nSPS) is 11.9. The van der Waals surface area contributed by atoms with Crippen molar-refractivity contribution in [3.05, 3.63) is 188 Å². The highest BCUT2D eigenvalue weighted by Crippen LogP contribution is 2.45. The molecule has 0 radical (unpaired) electrons. The molecule has 0 aliphatic heterocycles. The van der Waals surface area contributed by atoms with E-state index in [1.807, 2.05) is 41.7 Å². The average Bonchev–Trinajstić information content (AvgIpc) is 4.03. The van der Waals surface area contributed by atoms with E-state index in [-0.39, 0.29) is 0 Å². The first-order valence-electron chi connectivity index (χ1n) is 20.3. The molecule has 0 unspecified atom stereocenters. The molecule has 6 heteroatoms. The molecule has 0 saturated carbocycles. The van der Waals surface area contributed by atoms with E-state index in [0.29, 0.717) is 17.5 Å². The van der Waals surface area contributed by atoms with E-state index in [1.54, 1.807) is 0 Å². The van der Waals surface area contributed by atoms with Crippen LogP contribution in [0.2, 0.25) is 0 Å². The Morgan fingerprint density at radius 1 is 0.344 bits per heavy atom. The Bertz CT molecular complexity index is 3910. The minimum Gasteiger partial charge on any atom is -0.456 e. The SMILES string of the molecule is c1cc(-c2nc(-c3cccc4ccccc34)nc(-c3cccc4oc5ccccc5c34)n2)cc(-c2cccc3oc4c(-c5cccc6c5sc5ccccc56)cccc4c23)c1. The summed E-state index contributed by atoms with van der Waals surface area (Å²) in [6.45, 7) is 0. The largest absolute Gasteiger partial charge is 0.456 e. The van der Waals surface area contributed by atoms with Gasteiger partial charge in [-0.15, -0.1) is 11.3 Å². The van der Waals surface area contributed by atoms with Crippen LogP contribution in [-0.2, 0) is 0 Å². The van der Waals surface area contributed by atoms with Crippen LogP contribution >= 0.6 is 11.3 Å². The summed E-state index contributed by atoms with van der Waals surface area (Å²) >= 11 is 1.84. The van der Waals surface area contributed by atoms with Gasteiger partial charge >= 0.3 is 0 Å². The molecule has 0 amide bonds. The Morgan fingerprint density at radius 3 is 1.80 bits per heavy atom. The van der Waals surface area contributed by atoms with E-state index in [1.165, 1.54) is 25.7 Å². The smallest absolute Gasteiger partial charge is 0.164 e. The van der Waals surface area contributed by atoms with Crippen molar-refractivity contribution in [3.8, 4) is 56.4 Å². The Morgan fingerprint density at radius 2 is 0.902 bits per heavy atom. The van der Waals surface area contributed by atoms with Crippen molar-refractivity contribution >= 4 is 86.2 Å². The highest BCUT2D eigenvalue weighted by molar-refractivity contribution is 7.26. The quantitative estimate of drug-likeness (QED) is 0.174. The van der Waals surface area contributed by atoms with Crippen LogP contribution in [0.3, 0.4) is 0 Å². The summed E-state index contributed by atoms with van der Waals surface area (Å²) in [6, 6.07) is 65.5. The van der Waals surface area contributed by atoms with E-state index >= 15 is 0 Å². The summed E-state index contributed by atoms with van der Waals surface area (Å²) in [5.41, 5.74) is 10.4. The highest BCUT2D eigenvalue weighted by Gasteiger charge is 2.21. The molecule has 4 heterocycles. The molecule has 13 aromatic rings. The number of hydrogen-bond acceptors (Lipinski definition) is 6. The van der Waals surface area contributed by atoms with Crippen molar-refractivity contribution in [2.75, 3.05) is 0 Å². The number of fused-ring (bicyclic) bond motifs is 10. The molecule has 5 nitrogen and oxygen atoms in total. The zero-order chi connectivity index (χ0) is 40.0. The summed E-state index contributed by atoms with van der Waals surface area (Å²) in [5.74, 6) is 1.78. The number of para-hydroxylation sites is 2. The van der Waals surface area contributed by atoms with Crippen LogP contribution in [0.5, 0.6) is 0 Å². The van der Waals surface area contributed by atoms with Gasteiger partial charge in [-0.25, -0.2) is 15.0 Å². The lowest BCUT2D eigenvalue weighted by Crippen LogP contribution is -2.01. The number of rotatable bonds is 5. The van der Waals surface area contributed by atoms with Gasteiger partial charge in [0.15, 0.2) is 17.5 Å². The fourth-order valence-electron chi connectivity index (χ4n) is 9.21. The second-order valence-corrected chi connectivity index (χ2v) is 16.5. The Labute approximate surface area is 352 Å². The molecule has 284 valence electrons. The van der Waals surface area contributed by atoms with Crippen molar-refractivity contribution in [2.24, 2.45) is 0 Å². The van der Waals surface area contributed by atoms with Crippen molar-refractivity contribution in [1.29, 1.82) is 0 Å². The molecule has 0 atom stereocenters.